The van der Waals surface area contributed by atoms with E-state index in [1.165, 1.54) is 12.4 Å². The molecule has 0 atom stereocenters. The molecule has 1 fully saturated rings. The van der Waals surface area contributed by atoms with E-state index in [2.05, 4.69) is 27.2 Å². The van der Waals surface area contributed by atoms with Crippen LogP contribution in [-0.4, -0.2) is 53.8 Å². The van der Waals surface area contributed by atoms with Gasteiger partial charge in [0.25, 0.3) is 0 Å². The number of halogens is 3. The molecule has 2 aromatic carbocycles. The molecule has 0 spiro atoms. The van der Waals surface area contributed by atoms with Crippen molar-refractivity contribution in [3.05, 3.63) is 41.4 Å². The zero-order valence-corrected chi connectivity index (χ0v) is 19.3. The van der Waals surface area contributed by atoms with Gasteiger partial charge in [0.1, 0.15) is 23.7 Å². The third kappa shape index (κ3) is 5.26. The lowest BCUT2D eigenvalue weighted by atomic mass is 9.98. The van der Waals surface area contributed by atoms with Crippen LogP contribution in [0.2, 0.25) is 5.02 Å². The molecule has 0 aliphatic carbocycles. The minimum Gasteiger partial charge on any atom is -0.506 e. The van der Waals surface area contributed by atoms with Crippen LogP contribution in [-0.2, 0) is 0 Å². The zero-order chi connectivity index (χ0) is 22.0. The summed E-state index contributed by atoms with van der Waals surface area (Å²) in [4.78, 5) is 10.9. The molecular weight excluding hydrogens is 458 g/mol. The maximum atomic E-state index is 14.3. The Balaban J connectivity index is 0.00000289. The first kappa shape index (κ1) is 24.1. The fourth-order valence-electron chi connectivity index (χ4n) is 3.63. The summed E-state index contributed by atoms with van der Waals surface area (Å²) < 4.78 is 25.9. The second-order valence-corrected chi connectivity index (χ2v) is 8.12. The number of nitrogens with zero attached hydrogens (tertiary/aromatic N) is 3. The van der Waals surface area contributed by atoms with Gasteiger partial charge in [0.05, 0.1) is 29.9 Å². The van der Waals surface area contributed by atoms with Gasteiger partial charge in [-0.25, -0.2) is 14.4 Å². The predicted molar refractivity (Wildman–Crippen MR) is 125 cm³/mol. The van der Waals surface area contributed by atoms with E-state index >= 15 is 0 Å². The SMILES string of the molecule is COc1cc2c(Nc3cc(O)c(Cl)cc3F)ncnc2cc1OCC1CCN(C)CC1.Cl. The number of hydrogen-bond acceptors (Lipinski definition) is 7. The number of benzene rings is 2. The minimum atomic E-state index is -0.611. The number of nitrogens with one attached hydrogen (secondary N) is 1. The molecule has 1 saturated heterocycles. The third-order valence-corrected chi connectivity index (χ3v) is 5.83. The summed E-state index contributed by atoms with van der Waals surface area (Å²) >= 11 is 5.76. The van der Waals surface area contributed by atoms with E-state index in [4.69, 9.17) is 21.1 Å². The number of rotatable bonds is 6. The molecule has 2 heterocycles. The van der Waals surface area contributed by atoms with Gasteiger partial charge in [0.15, 0.2) is 11.5 Å². The van der Waals surface area contributed by atoms with Gasteiger partial charge in [-0.3, -0.25) is 0 Å². The monoisotopic (exact) mass is 482 g/mol. The molecule has 2 N–H and O–H groups in total. The van der Waals surface area contributed by atoms with Crippen molar-refractivity contribution >= 4 is 46.4 Å². The van der Waals surface area contributed by atoms with Gasteiger partial charge in [-0.1, -0.05) is 11.6 Å². The highest BCUT2D eigenvalue weighted by molar-refractivity contribution is 6.32. The summed E-state index contributed by atoms with van der Waals surface area (Å²) in [5.41, 5.74) is 0.665. The summed E-state index contributed by atoms with van der Waals surface area (Å²) in [6.45, 7) is 2.76. The van der Waals surface area contributed by atoms with Crippen LogP contribution in [0.1, 0.15) is 12.8 Å². The van der Waals surface area contributed by atoms with Crippen LogP contribution in [0.4, 0.5) is 15.9 Å². The molecule has 1 aliphatic heterocycles. The lowest BCUT2D eigenvalue weighted by molar-refractivity contribution is 0.157. The van der Waals surface area contributed by atoms with Gasteiger partial charge in [0.2, 0.25) is 0 Å². The Kier molecular flexibility index (Phi) is 7.82. The quantitative estimate of drug-likeness (QED) is 0.510. The number of anilines is 2. The second-order valence-electron chi connectivity index (χ2n) is 7.71. The lowest BCUT2D eigenvalue weighted by Gasteiger charge is -2.28. The first-order valence-electron chi connectivity index (χ1n) is 10.0. The van der Waals surface area contributed by atoms with Crippen LogP contribution < -0.4 is 14.8 Å². The molecule has 1 aliphatic rings. The summed E-state index contributed by atoms with van der Waals surface area (Å²) in [7, 11) is 3.70. The highest BCUT2D eigenvalue weighted by atomic mass is 35.5. The van der Waals surface area contributed by atoms with E-state index in [-0.39, 0.29) is 28.9 Å². The van der Waals surface area contributed by atoms with Crippen LogP contribution in [0.15, 0.2) is 30.6 Å². The summed E-state index contributed by atoms with van der Waals surface area (Å²) in [6.07, 6.45) is 3.58. The van der Waals surface area contributed by atoms with Crippen molar-refractivity contribution in [2.75, 3.05) is 39.2 Å². The van der Waals surface area contributed by atoms with Gasteiger partial charge in [-0.05, 0) is 51.0 Å². The van der Waals surface area contributed by atoms with Crippen molar-refractivity contribution < 1.29 is 19.0 Å². The van der Waals surface area contributed by atoms with Crippen molar-refractivity contribution in [1.29, 1.82) is 0 Å². The standard InChI is InChI=1S/C22H24ClFN4O3.ClH/c1-28-5-3-13(4-6-28)11-31-21-10-17-14(7-20(21)30-2)22(26-12-25-17)27-18-9-19(29)15(23)8-16(18)24;/h7-10,12-13,29H,3-6,11H2,1-2H3,(H,25,26,27);1H. The average Bonchev–Trinajstić information content (AvgIpc) is 2.76. The van der Waals surface area contributed by atoms with Crippen LogP contribution >= 0.6 is 24.0 Å². The Labute approximate surface area is 196 Å². The van der Waals surface area contributed by atoms with E-state index < -0.39 is 5.82 Å². The number of phenols is 1. The maximum Gasteiger partial charge on any atom is 0.163 e. The van der Waals surface area contributed by atoms with E-state index in [0.29, 0.717) is 40.7 Å². The van der Waals surface area contributed by atoms with Crippen LogP contribution in [0.25, 0.3) is 10.9 Å². The third-order valence-electron chi connectivity index (χ3n) is 5.52. The number of hydrogen-bond donors (Lipinski definition) is 2. The van der Waals surface area contributed by atoms with E-state index in [0.717, 1.165) is 32.0 Å². The van der Waals surface area contributed by atoms with Crippen LogP contribution in [0.5, 0.6) is 17.2 Å². The zero-order valence-electron chi connectivity index (χ0n) is 17.8. The molecular formula is C22H25Cl2FN4O3. The van der Waals surface area contributed by atoms with Crippen molar-refractivity contribution in [3.63, 3.8) is 0 Å². The molecule has 0 bridgehead atoms. The van der Waals surface area contributed by atoms with Crippen molar-refractivity contribution in [2.24, 2.45) is 5.92 Å². The summed E-state index contributed by atoms with van der Waals surface area (Å²) in [6, 6.07) is 5.81. The fraction of sp³-hybridized carbons (Fsp3) is 0.364. The number of fused-ring (bicyclic) bond motifs is 1. The highest BCUT2D eigenvalue weighted by Gasteiger charge is 2.19. The molecule has 0 radical (unpaired) electrons. The second kappa shape index (κ2) is 10.4. The Bertz CT molecular complexity index is 1090. The topological polar surface area (TPSA) is 79.7 Å². The van der Waals surface area contributed by atoms with Crippen LogP contribution in [0, 0.1) is 11.7 Å². The molecule has 0 saturated carbocycles. The number of phenolic OH excluding ortho intramolecular Hbond substituents is 1. The lowest BCUT2D eigenvalue weighted by Crippen LogP contribution is -2.32. The molecule has 10 heteroatoms. The first-order chi connectivity index (χ1) is 14.9. The first-order valence-corrected chi connectivity index (χ1v) is 10.4. The number of likely N-dealkylation sites (tertiary alicyclic amines) is 1. The molecule has 0 unspecified atom stereocenters. The Hall–Kier alpha value is -2.55. The molecule has 3 aromatic rings. The Morgan fingerprint density at radius 2 is 1.94 bits per heavy atom. The fourth-order valence-corrected chi connectivity index (χ4v) is 3.78. The van der Waals surface area contributed by atoms with E-state index in [9.17, 15) is 9.50 Å². The summed E-state index contributed by atoms with van der Waals surface area (Å²) in [5.74, 6) is 1.17. The molecule has 32 heavy (non-hydrogen) atoms. The smallest absolute Gasteiger partial charge is 0.163 e. The number of aromatic nitrogens is 2. The molecule has 1 aromatic heterocycles. The number of ether oxygens (including phenoxy) is 2. The maximum absolute atomic E-state index is 14.3. The Morgan fingerprint density at radius 1 is 1.19 bits per heavy atom. The molecule has 4 rings (SSSR count). The van der Waals surface area contributed by atoms with Gasteiger partial charge in [-0.2, -0.15) is 0 Å². The van der Waals surface area contributed by atoms with Crippen molar-refractivity contribution in [3.8, 4) is 17.2 Å². The van der Waals surface area contributed by atoms with Gasteiger partial charge >= 0.3 is 0 Å². The number of aromatic hydroxyl groups is 1. The largest absolute Gasteiger partial charge is 0.506 e. The van der Waals surface area contributed by atoms with Gasteiger partial charge < -0.3 is 24.8 Å². The minimum absolute atomic E-state index is 0. The summed E-state index contributed by atoms with van der Waals surface area (Å²) in [5, 5.41) is 13.3. The van der Waals surface area contributed by atoms with E-state index in [1.54, 1.807) is 19.2 Å². The highest BCUT2D eigenvalue weighted by Crippen LogP contribution is 2.36. The van der Waals surface area contributed by atoms with Gasteiger partial charge in [-0.15, -0.1) is 12.4 Å². The van der Waals surface area contributed by atoms with Gasteiger partial charge in [0, 0.05) is 17.5 Å². The normalized spacial score (nSPS) is 14.8. The molecule has 7 nitrogen and oxygen atoms in total. The Morgan fingerprint density at radius 3 is 2.66 bits per heavy atom. The van der Waals surface area contributed by atoms with Crippen molar-refractivity contribution in [1.82, 2.24) is 14.9 Å². The number of piperidine rings is 1. The van der Waals surface area contributed by atoms with E-state index in [1.807, 2.05) is 0 Å². The van der Waals surface area contributed by atoms with Crippen LogP contribution in [0.3, 0.4) is 0 Å². The average molecular weight is 483 g/mol. The molecule has 0 amide bonds. The predicted octanol–water partition coefficient (Wildman–Crippen LogP) is 5.02. The molecule has 172 valence electrons. The number of methoxy groups -OCH3 is 1. The van der Waals surface area contributed by atoms with Crippen molar-refractivity contribution in [2.45, 2.75) is 12.8 Å².